The van der Waals surface area contributed by atoms with Crippen molar-refractivity contribution < 1.29 is 9.18 Å². The molecule has 0 atom stereocenters. The van der Waals surface area contributed by atoms with Gasteiger partial charge < -0.3 is 4.90 Å². The molecule has 2 fully saturated rings. The topological polar surface area (TPSA) is 51.0 Å². The summed E-state index contributed by atoms with van der Waals surface area (Å²) in [6.45, 7) is 3.94. The van der Waals surface area contributed by atoms with Gasteiger partial charge in [-0.15, -0.1) is 0 Å². The van der Waals surface area contributed by atoms with Gasteiger partial charge in [0.2, 0.25) is 0 Å². The maximum absolute atomic E-state index is 13.0. The molecule has 26 heavy (non-hydrogen) atoms. The van der Waals surface area contributed by atoms with Crippen LogP contribution in [0.2, 0.25) is 0 Å². The third-order valence-corrected chi connectivity index (χ3v) is 5.40. The van der Waals surface area contributed by atoms with E-state index >= 15 is 0 Å². The van der Waals surface area contributed by atoms with Crippen molar-refractivity contribution in [3.05, 3.63) is 42.5 Å². The quantitative estimate of drug-likeness (QED) is 0.783. The van der Waals surface area contributed by atoms with E-state index in [4.69, 9.17) is 5.10 Å². The Hall–Kier alpha value is -2.50. The minimum absolute atomic E-state index is 0.0209. The predicted molar refractivity (Wildman–Crippen MR) is 99.0 cm³/mol. The van der Waals surface area contributed by atoms with Gasteiger partial charge in [0.25, 0.3) is 5.91 Å². The Labute approximate surface area is 152 Å². The molecule has 0 bridgehead atoms. The van der Waals surface area contributed by atoms with Gasteiger partial charge in [0.15, 0.2) is 11.5 Å². The Kier molecular flexibility index (Phi) is 4.57. The molecule has 2 aromatic heterocycles. The van der Waals surface area contributed by atoms with Crippen molar-refractivity contribution in [1.82, 2.24) is 19.7 Å². The molecule has 0 unspecified atom stereocenters. The normalized spacial score (nSPS) is 19.2. The van der Waals surface area contributed by atoms with Crippen LogP contribution in [-0.4, -0.2) is 38.7 Å². The van der Waals surface area contributed by atoms with Crippen molar-refractivity contribution in [1.29, 1.82) is 0 Å². The highest BCUT2D eigenvalue weighted by molar-refractivity contribution is 5.91. The van der Waals surface area contributed by atoms with Crippen molar-refractivity contribution in [2.45, 2.75) is 38.1 Å². The summed E-state index contributed by atoms with van der Waals surface area (Å²) in [4.78, 5) is 17.6. The molecule has 0 spiro atoms. The number of rotatable bonds is 4. The van der Waals surface area contributed by atoms with Gasteiger partial charge in [-0.2, -0.15) is 5.10 Å². The molecule has 136 valence electrons. The van der Waals surface area contributed by atoms with Crippen LogP contribution in [0, 0.1) is 5.92 Å². The van der Waals surface area contributed by atoms with Crippen molar-refractivity contribution in [3.8, 4) is 0 Å². The standard InChI is InChI=1S/C20H23FN4O/c1-14(21)20(26)24-12-16(13-24)25-19-17(8-5-11-22-19)18(23-25)10-9-15-6-3-2-4-7-15/h5,8-11,15-16H,1-4,6-7,12-13H2/b10-9+. The zero-order valence-electron chi connectivity index (χ0n) is 14.8. The van der Waals surface area contributed by atoms with Crippen LogP contribution in [0.4, 0.5) is 4.39 Å². The number of fused-ring (bicyclic) bond motifs is 1. The molecule has 6 heteroatoms. The van der Waals surface area contributed by atoms with Crippen molar-refractivity contribution in [2.24, 2.45) is 5.92 Å². The van der Waals surface area contributed by atoms with Gasteiger partial charge in [0.05, 0.1) is 11.7 Å². The van der Waals surface area contributed by atoms with Crippen LogP contribution in [0.3, 0.4) is 0 Å². The SMILES string of the molecule is C=C(F)C(=O)N1CC(n2nc(/C=C/C3CCCCC3)c3cccnc32)C1. The maximum Gasteiger partial charge on any atom is 0.282 e. The molecule has 3 heterocycles. The average molecular weight is 354 g/mol. The van der Waals surface area contributed by atoms with E-state index in [2.05, 4.69) is 23.7 Å². The monoisotopic (exact) mass is 354 g/mol. The molecule has 5 nitrogen and oxygen atoms in total. The molecule has 0 N–H and O–H groups in total. The number of carbonyl (C=O) groups excluding carboxylic acids is 1. The van der Waals surface area contributed by atoms with Crippen LogP contribution >= 0.6 is 0 Å². The Balaban J connectivity index is 1.56. The van der Waals surface area contributed by atoms with E-state index in [0.29, 0.717) is 19.0 Å². The molecule has 4 rings (SSSR count). The molecule has 1 aliphatic heterocycles. The number of allylic oxidation sites excluding steroid dienone is 1. The van der Waals surface area contributed by atoms with Gasteiger partial charge in [-0.25, -0.2) is 14.1 Å². The van der Waals surface area contributed by atoms with E-state index in [1.54, 1.807) is 6.20 Å². The molecule has 1 amide bonds. The summed E-state index contributed by atoms with van der Waals surface area (Å²) in [5.74, 6) is -0.918. The number of hydrogen-bond donors (Lipinski definition) is 0. The summed E-state index contributed by atoms with van der Waals surface area (Å²) in [7, 11) is 0. The summed E-state index contributed by atoms with van der Waals surface area (Å²) in [5.41, 5.74) is 1.73. The Morgan fingerprint density at radius 1 is 1.27 bits per heavy atom. The Bertz CT molecular complexity index is 860. The predicted octanol–water partition coefficient (Wildman–Crippen LogP) is 3.89. The second-order valence-corrected chi connectivity index (χ2v) is 7.23. The average Bonchev–Trinajstić information content (AvgIpc) is 2.98. The fraction of sp³-hybridized carbons (Fsp3) is 0.450. The van der Waals surface area contributed by atoms with E-state index in [-0.39, 0.29) is 6.04 Å². The van der Waals surface area contributed by atoms with Crippen LogP contribution in [0.5, 0.6) is 0 Å². The van der Waals surface area contributed by atoms with Crippen molar-refractivity contribution in [3.63, 3.8) is 0 Å². The summed E-state index contributed by atoms with van der Waals surface area (Å²) in [6, 6.07) is 3.96. The first-order valence-electron chi connectivity index (χ1n) is 9.28. The molecule has 2 aromatic rings. The highest BCUT2D eigenvalue weighted by Gasteiger charge is 2.35. The van der Waals surface area contributed by atoms with Gasteiger partial charge in [-0.3, -0.25) is 4.79 Å². The third kappa shape index (κ3) is 3.16. The van der Waals surface area contributed by atoms with E-state index in [9.17, 15) is 9.18 Å². The lowest BCUT2D eigenvalue weighted by Crippen LogP contribution is -2.51. The highest BCUT2D eigenvalue weighted by Crippen LogP contribution is 2.29. The number of likely N-dealkylation sites (tertiary alicyclic amines) is 1. The molecule has 1 saturated carbocycles. The second kappa shape index (κ2) is 7.02. The molecular formula is C20H23FN4O. The minimum Gasteiger partial charge on any atom is -0.332 e. The smallest absolute Gasteiger partial charge is 0.282 e. The number of aromatic nitrogens is 3. The number of halogens is 1. The van der Waals surface area contributed by atoms with Crippen LogP contribution in [0.15, 0.2) is 36.8 Å². The molecule has 0 aromatic carbocycles. The summed E-state index contributed by atoms with van der Waals surface area (Å²) in [5, 5.41) is 5.76. The number of amides is 1. The highest BCUT2D eigenvalue weighted by atomic mass is 19.1. The lowest BCUT2D eigenvalue weighted by molar-refractivity contribution is -0.134. The zero-order valence-corrected chi connectivity index (χ0v) is 14.8. The van der Waals surface area contributed by atoms with E-state index in [1.807, 2.05) is 16.8 Å². The molecule has 0 radical (unpaired) electrons. The molecule has 1 aliphatic carbocycles. The zero-order chi connectivity index (χ0) is 18.1. The van der Waals surface area contributed by atoms with Crippen molar-refractivity contribution in [2.75, 3.05) is 13.1 Å². The van der Waals surface area contributed by atoms with Crippen LogP contribution in [0.25, 0.3) is 17.1 Å². The second-order valence-electron chi connectivity index (χ2n) is 7.23. The third-order valence-electron chi connectivity index (χ3n) is 5.40. The van der Waals surface area contributed by atoms with Crippen LogP contribution in [0.1, 0.15) is 43.8 Å². The molecular weight excluding hydrogens is 331 g/mol. The fourth-order valence-corrected chi connectivity index (χ4v) is 3.88. The van der Waals surface area contributed by atoms with Gasteiger partial charge in [0, 0.05) is 24.7 Å². The van der Waals surface area contributed by atoms with E-state index in [1.165, 1.54) is 37.0 Å². The largest absolute Gasteiger partial charge is 0.332 e. The van der Waals surface area contributed by atoms with Gasteiger partial charge in [-0.05, 0) is 37.0 Å². The maximum atomic E-state index is 13.0. The number of hydrogen-bond acceptors (Lipinski definition) is 3. The number of carbonyl (C=O) groups is 1. The summed E-state index contributed by atoms with van der Waals surface area (Å²) >= 11 is 0. The lowest BCUT2D eigenvalue weighted by Gasteiger charge is -2.38. The number of nitrogens with zero attached hydrogens (tertiary/aromatic N) is 4. The molecule has 2 aliphatic rings. The summed E-state index contributed by atoms with van der Waals surface area (Å²) in [6.07, 6.45) is 12.6. The number of pyridine rings is 1. The minimum atomic E-state index is -0.914. The van der Waals surface area contributed by atoms with E-state index in [0.717, 1.165) is 16.7 Å². The first-order chi connectivity index (χ1) is 12.6. The first-order valence-corrected chi connectivity index (χ1v) is 9.28. The first kappa shape index (κ1) is 16.9. The summed E-state index contributed by atoms with van der Waals surface area (Å²) < 4.78 is 14.9. The Morgan fingerprint density at radius 3 is 2.77 bits per heavy atom. The van der Waals surface area contributed by atoms with Crippen LogP contribution in [-0.2, 0) is 4.79 Å². The fourth-order valence-electron chi connectivity index (χ4n) is 3.88. The van der Waals surface area contributed by atoms with Crippen molar-refractivity contribution >= 4 is 23.0 Å². The van der Waals surface area contributed by atoms with E-state index < -0.39 is 11.7 Å². The van der Waals surface area contributed by atoms with Gasteiger partial charge >= 0.3 is 0 Å². The van der Waals surface area contributed by atoms with Gasteiger partial charge in [-0.1, -0.05) is 31.9 Å². The van der Waals surface area contributed by atoms with Gasteiger partial charge in [0.1, 0.15) is 0 Å². The lowest BCUT2D eigenvalue weighted by atomic mass is 9.89. The molecule has 1 saturated heterocycles. The van der Waals surface area contributed by atoms with Crippen LogP contribution < -0.4 is 0 Å². The Morgan fingerprint density at radius 2 is 2.04 bits per heavy atom.